The fourth-order valence-corrected chi connectivity index (χ4v) is 7.73. The summed E-state index contributed by atoms with van der Waals surface area (Å²) in [5, 5.41) is 31.9. The second kappa shape index (κ2) is 4.85. The van der Waals surface area contributed by atoms with E-state index in [1.807, 2.05) is 6.92 Å². The number of carbonyl (C=O) groups is 1. The fraction of sp³-hybridized carbons (Fsp3) is 0.850. The van der Waals surface area contributed by atoms with E-state index in [4.69, 9.17) is 0 Å². The van der Waals surface area contributed by atoms with Gasteiger partial charge in [0.25, 0.3) is 0 Å². The lowest BCUT2D eigenvalue weighted by atomic mass is 9.40. The van der Waals surface area contributed by atoms with Crippen LogP contribution in [-0.4, -0.2) is 33.5 Å². The SMILES string of the molecule is C=C1C(O)[C@@]23CC[C@H]4[C@@](C)(CCC[C@@]4(C)C(=O)O)[C@@H]2C(O)C[C@@H]1C3. The number of aliphatic carboxylic acids is 1. The highest BCUT2D eigenvalue weighted by Crippen LogP contribution is 2.72. The van der Waals surface area contributed by atoms with Gasteiger partial charge in [-0.25, -0.2) is 0 Å². The van der Waals surface area contributed by atoms with Crippen LogP contribution >= 0.6 is 0 Å². The minimum atomic E-state index is -0.717. The van der Waals surface area contributed by atoms with E-state index in [0.29, 0.717) is 6.42 Å². The largest absolute Gasteiger partial charge is 0.481 e. The smallest absolute Gasteiger partial charge is 0.309 e. The van der Waals surface area contributed by atoms with Crippen molar-refractivity contribution in [1.29, 1.82) is 0 Å². The Morgan fingerprint density at radius 2 is 1.92 bits per heavy atom. The van der Waals surface area contributed by atoms with E-state index >= 15 is 0 Å². The molecule has 0 aromatic rings. The van der Waals surface area contributed by atoms with Crippen LogP contribution in [0.2, 0.25) is 0 Å². The standard InChI is InChI=1S/C20H30O4/c1-11-12-9-13(21)15-18(2)6-4-7-19(3,17(23)24)14(18)5-8-20(15,10-12)16(11)22/h12-16,21-22H,1,4-10H2,2-3H3,(H,23,24)/t12-,13?,14+,15+,16?,18-,19-,20-/m1/s1. The third-order valence-corrected chi connectivity index (χ3v) is 8.65. The molecule has 4 aliphatic rings. The van der Waals surface area contributed by atoms with Crippen LogP contribution in [0, 0.1) is 34.0 Å². The van der Waals surface area contributed by atoms with Crippen molar-refractivity contribution in [2.75, 3.05) is 0 Å². The first-order valence-electron chi connectivity index (χ1n) is 9.45. The molecule has 1 spiro atoms. The molecule has 24 heavy (non-hydrogen) atoms. The molecule has 4 nitrogen and oxygen atoms in total. The lowest BCUT2D eigenvalue weighted by Gasteiger charge is -2.64. The Morgan fingerprint density at radius 3 is 2.58 bits per heavy atom. The minimum absolute atomic E-state index is 0.0202. The van der Waals surface area contributed by atoms with Crippen LogP contribution in [0.4, 0.5) is 0 Å². The van der Waals surface area contributed by atoms with Crippen LogP contribution < -0.4 is 0 Å². The van der Waals surface area contributed by atoms with E-state index < -0.39 is 23.6 Å². The van der Waals surface area contributed by atoms with Crippen molar-refractivity contribution < 1.29 is 20.1 Å². The second-order valence-electron chi connectivity index (χ2n) is 9.57. The molecule has 0 aromatic heterocycles. The first-order valence-corrected chi connectivity index (χ1v) is 9.45. The van der Waals surface area contributed by atoms with E-state index in [2.05, 4.69) is 13.5 Å². The van der Waals surface area contributed by atoms with Gasteiger partial charge in [0.05, 0.1) is 17.6 Å². The zero-order chi connectivity index (χ0) is 17.5. The molecule has 4 rings (SSSR count). The van der Waals surface area contributed by atoms with Gasteiger partial charge in [0.2, 0.25) is 0 Å². The van der Waals surface area contributed by atoms with E-state index in [1.54, 1.807) is 0 Å². The second-order valence-corrected chi connectivity index (χ2v) is 9.57. The van der Waals surface area contributed by atoms with Crippen molar-refractivity contribution in [2.24, 2.45) is 34.0 Å². The number of aliphatic hydroxyl groups excluding tert-OH is 2. The van der Waals surface area contributed by atoms with Crippen molar-refractivity contribution in [3.8, 4) is 0 Å². The maximum absolute atomic E-state index is 12.1. The van der Waals surface area contributed by atoms with Crippen molar-refractivity contribution >= 4 is 5.97 Å². The third-order valence-electron chi connectivity index (χ3n) is 8.65. The van der Waals surface area contributed by atoms with Crippen LogP contribution in [-0.2, 0) is 4.79 Å². The lowest BCUT2D eigenvalue weighted by molar-refractivity contribution is -0.212. The van der Waals surface area contributed by atoms with Crippen molar-refractivity contribution in [3.05, 3.63) is 12.2 Å². The zero-order valence-electron chi connectivity index (χ0n) is 14.8. The molecule has 2 bridgehead atoms. The number of fused-ring (bicyclic) bond motifs is 3. The molecule has 2 unspecified atom stereocenters. The summed E-state index contributed by atoms with van der Waals surface area (Å²) in [5.74, 6) is -0.429. The van der Waals surface area contributed by atoms with Gasteiger partial charge in [-0.05, 0) is 74.2 Å². The molecule has 0 amide bonds. The Hall–Kier alpha value is -0.870. The molecule has 0 aromatic carbocycles. The molecule has 4 saturated carbocycles. The highest BCUT2D eigenvalue weighted by atomic mass is 16.4. The van der Waals surface area contributed by atoms with Crippen LogP contribution in [0.25, 0.3) is 0 Å². The van der Waals surface area contributed by atoms with Gasteiger partial charge in [0.15, 0.2) is 0 Å². The normalized spacial score (nSPS) is 56.5. The monoisotopic (exact) mass is 334 g/mol. The predicted octanol–water partition coefficient (Wildman–Crippen LogP) is 2.98. The number of hydrogen-bond acceptors (Lipinski definition) is 3. The molecule has 0 heterocycles. The topological polar surface area (TPSA) is 77.8 Å². The van der Waals surface area contributed by atoms with E-state index in [0.717, 1.165) is 44.1 Å². The highest BCUT2D eigenvalue weighted by molar-refractivity contribution is 5.75. The summed E-state index contributed by atoms with van der Waals surface area (Å²) < 4.78 is 0. The van der Waals surface area contributed by atoms with E-state index in [9.17, 15) is 20.1 Å². The summed E-state index contributed by atoms with van der Waals surface area (Å²) in [6.07, 6.45) is 4.80. The van der Waals surface area contributed by atoms with Gasteiger partial charge in [0.1, 0.15) is 0 Å². The van der Waals surface area contributed by atoms with Gasteiger partial charge in [-0.15, -0.1) is 0 Å². The summed E-state index contributed by atoms with van der Waals surface area (Å²) in [7, 11) is 0. The summed E-state index contributed by atoms with van der Waals surface area (Å²) in [5.41, 5.74) is -0.331. The first-order chi connectivity index (χ1) is 11.2. The molecule has 4 aliphatic carbocycles. The van der Waals surface area contributed by atoms with Crippen LogP contribution in [0.1, 0.15) is 58.8 Å². The molecule has 134 valence electrons. The number of carboxylic acids is 1. The van der Waals surface area contributed by atoms with Crippen LogP contribution in [0.5, 0.6) is 0 Å². The fourth-order valence-electron chi connectivity index (χ4n) is 7.73. The maximum Gasteiger partial charge on any atom is 0.309 e. The Labute approximate surface area is 144 Å². The average Bonchev–Trinajstić information content (AvgIpc) is 2.68. The van der Waals surface area contributed by atoms with E-state index in [1.165, 1.54) is 0 Å². The molecule has 0 saturated heterocycles. The number of carboxylic acid groups (broad SMARTS) is 1. The third kappa shape index (κ3) is 1.74. The number of hydrogen-bond donors (Lipinski definition) is 3. The molecule has 3 N–H and O–H groups in total. The molecule has 8 atom stereocenters. The van der Waals surface area contributed by atoms with Gasteiger partial charge < -0.3 is 15.3 Å². The quantitative estimate of drug-likeness (QED) is 0.644. The summed E-state index contributed by atoms with van der Waals surface area (Å²) in [6.45, 7) is 8.22. The molecule has 0 aliphatic heterocycles. The highest BCUT2D eigenvalue weighted by Gasteiger charge is 2.69. The predicted molar refractivity (Wildman–Crippen MR) is 90.2 cm³/mol. The van der Waals surface area contributed by atoms with Gasteiger partial charge in [-0.1, -0.05) is 19.9 Å². The Bertz CT molecular complexity index is 600. The lowest BCUT2D eigenvalue weighted by Crippen LogP contribution is -2.63. The Balaban J connectivity index is 1.82. The Morgan fingerprint density at radius 1 is 1.21 bits per heavy atom. The first kappa shape index (κ1) is 16.6. The molecular weight excluding hydrogens is 304 g/mol. The molecule has 4 fully saturated rings. The zero-order valence-corrected chi connectivity index (χ0v) is 14.8. The minimum Gasteiger partial charge on any atom is -0.481 e. The van der Waals surface area contributed by atoms with E-state index in [-0.39, 0.29) is 28.6 Å². The number of aliphatic hydroxyl groups is 2. The maximum atomic E-state index is 12.1. The van der Waals surface area contributed by atoms with Gasteiger partial charge >= 0.3 is 5.97 Å². The van der Waals surface area contributed by atoms with Crippen molar-refractivity contribution in [1.82, 2.24) is 0 Å². The van der Waals surface area contributed by atoms with Gasteiger partial charge in [-0.2, -0.15) is 0 Å². The van der Waals surface area contributed by atoms with Crippen LogP contribution in [0.3, 0.4) is 0 Å². The number of rotatable bonds is 1. The molecular formula is C20H30O4. The van der Waals surface area contributed by atoms with Gasteiger partial charge in [-0.3, -0.25) is 4.79 Å². The summed E-state index contributed by atoms with van der Waals surface area (Å²) in [6, 6.07) is 0. The Kier molecular flexibility index (Phi) is 3.35. The van der Waals surface area contributed by atoms with Gasteiger partial charge in [0, 0.05) is 5.41 Å². The molecule has 4 heteroatoms. The molecule has 0 radical (unpaired) electrons. The van der Waals surface area contributed by atoms with Crippen molar-refractivity contribution in [3.63, 3.8) is 0 Å². The van der Waals surface area contributed by atoms with Crippen molar-refractivity contribution in [2.45, 2.75) is 71.0 Å². The summed E-state index contributed by atoms with van der Waals surface area (Å²) >= 11 is 0. The van der Waals surface area contributed by atoms with Crippen LogP contribution in [0.15, 0.2) is 12.2 Å². The average molecular weight is 334 g/mol. The summed E-state index contributed by atoms with van der Waals surface area (Å²) in [4.78, 5) is 12.1.